The molecule has 0 atom stereocenters. The molecule has 0 aliphatic carbocycles. The number of ether oxygens (including phenoxy) is 3. The van der Waals surface area contributed by atoms with Crippen LogP contribution < -0.4 is 14.2 Å². The lowest BCUT2D eigenvalue weighted by atomic mass is 10.1. The first-order valence-electron chi connectivity index (χ1n) is 8.47. The van der Waals surface area contributed by atoms with E-state index in [1.165, 1.54) is 38.5 Å². The minimum atomic E-state index is -0.345. The summed E-state index contributed by atoms with van der Waals surface area (Å²) in [4.78, 5) is 24.1. The van der Waals surface area contributed by atoms with Crippen molar-refractivity contribution in [1.82, 2.24) is 0 Å². The lowest BCUT2D eigenvalue weighted by Gasteiger charge is -2.06. The summed E-state index contributed by atoms with van der Waals surface area (Å²) in [5.74, 6) is 0.866. The van der Waals surface area contributed by atoms with Crippen molar-refractivity contribution in [3.8, 4) is 23.0 Å². The molecule has 0 heterocycles. The van der Waals surface area contributed by atoms with E-state index in [-0.39, 0.29) is 23.7 Å². The number of phenols is 1. The third-order valence-corrected chi connectivity index (χ3v) is 3.90. The van der Waals surface area contributed by atoms with Gasteiger partial charge in [-0.3, -0.25) is 9.59 Å². The van der Waals surface area contributed by atoms with Gasteiger partial charge in [-0.25, -0.2) is 0 Å². The first kappa shape index (κ1) is 20.8. The van der Waals surface area contributed by atoms with Crippen LogP contribution in [-0.4, -0.2) is 38.0 Å². The second-order valence-electron chi connectivity index (χ2n) is 5.82. The number of ketones is 2. The average Bonchev–Trinajstić information content (AvgIpc) is 2.70. The Morgan fingerprint density at radius 1 is 0.857 bits per heavy atom. The highest BCUT2D eigenvalue weighted by Crippen LogP contribution is 2.27. The number of allylic oxidation sites excluding steroid dienone is 2. The first-order chi connectivity index (χ1) is 13.5. The zero-order valence-electron chi connectivity index (χ0n) is 16.0. The summed E-state index contributed by atoms with van der Waals surface area (Å²) in [5, 5.41) is 9.73. The van der Waals surface area contributed by atoms with Gasteiger partial charge in [0.2, 0.25) is 0 Å². The molecule has 0 spiro atoms. The van der Waals surface area contributed by atoms with Crippen molar-refractivity contribution < 1.29 is 28.9 Å². The molecule has 0 bridgehead atoms. The maximum atomic E-state index is 12.1. The second kappa shape index (κ2) is 9.97. The van der Waals surface area contributed by atoms with E-state index in [0.29, 0.717) is 28.4 Å². The van der Waals surface area contributed by atoms with Gasteiger partial charge in [-0.1, -0.05) is 12.1 Å². The standard InChI is InChI=1S/C22H22O6/c1-26-19-9-11-21(27-2)16(13-19)6-8-18(24)14-17(23)7-4-15-5-10-22(28-3)20(25)12-15/h4-13,25H,14H2,1-3H3/b7-4+,8-6+. The van der Waals surface area contributed by atoms with E-state index >= 15 is 0 Å². The molecule has 6 heteroatoms. The van der Waals surface area contributed by atoms with Gasteiger partial charge in [-0.2, -0.15) is 0 Å². The number of carbonyl (C=O) groups is 2. The zero-order chi connectivity index (χ0) is 20.5. The summed E-state index contributed by atoms with van der Waals surface area (Å²) in [6.45, 7) is 0. The SMILES string of the molecule is COc1ccc(OC)c(/C=C/C(=O)CC(=O)/C=C/c2ccc(OC)c(O)c2)c1. The lowest BCUT2D eigenvalue weighted by molar-refractivity contribution is -0.121. The van der Waals surface area contributed by atoms with E-state index in [2.05, 4.69) is 0 Å². The Balaban J connectivity index is 2.00. The van der Waals surface area contributed by atoms with Crippen molar-refractivity contribution in [1.29, 1.82) is 0 Å². The Morgan fingerprint density at radius 3 is 2.11 bits per heavy atom. The van der Waals surface area contributed by atoms with Gasteiger partial charge in [-0.05, 0) is 54.1 Å². The van der Waals surface area contributed by atoms with Crippen LogP contribution in [0.1, 0.15) is 17.5 Å². The van der Waals surface area contributed by atoms with Gasteiger partial charge in [0.05, 0.1) is 27.8 Å². The number of rotatable bonds is 9. The Kier molecular flexibility index (Phi) is 7.39. The van der Waals surface area contributed by atoms with Gasteiger partial charge in [0.1, 0.15) is 11.5 Å². The molecule has 0 fully saturated rings. The number of carbonyl (C=O) groups excluding carboxylic acids is 2. The highest BCUT2D eigenvalue weighted by molar-refractivity contribution is 6.11. The van der Waals surface area contributed by atoms with Crippen LogP contribution >= 0.6 is 0 Å². The highest BCUT2D eigenvalue weighted by Gasteiger charge is 2.07. The molecular weight excluding hydrogens is 360 g/mol. The summed E-state index contributed by atoms with van der Waals surface area (Å²) >= 11 is 0. The molecular formula is C22H22O6. The van der Waals surface area contributed by atoms with Gasteiger partial charge < -0.3 is 19.3 Å². The third-order valence-electron chi connectivity index (χ3n) is 3.90. The van der Waals surface area contributed by atoms with Crippen LogP contribution in [0.4, 0.5) is 0 Å². The van der Waals surface area contributed by atoms with E-state index in [9.17, 15) is 14.7 Å². The van der Waals surface area contributed by atoms with Crippen LogP contribution in [0, 0.1) is 0 Å². The topological polar surface area (TPSA) is 82.1 Å². The smallest absolute Gasteiger partial charge is 0.163 e. The van der Waals surface area contributed by atoms with Gasteiger partial charge >= 0.3 is 0 Å². The van der Waals surface area contributed by atoms with Crippen LogP contribution in [0.2, 0.25) is 0 Å². The number of hydrogen-bond donors (Lipinski definition) is 1. The number of phenolic OH excluding ortho intramolecular Hbond substituents is 1. The van der Waals surface area contributed by atoms with Crippen molar-refractivity contribution in [2.75, 3.05) is 21.3 Å². The monoisotopic (exact) mass is 382 g/mol. The Hall–Kier alpha value is -3.54. The fourth-order valence-corrected chi connectivity index (χ4v) is 2.44. The molecule has 0 amide bonds. The van der Waals surface area contributed by atoms with Gasteiger partial charge in [0, 0.05) is 5.56 Å². The molecule has 2 rings (SSSR count). The number of hydrogen-bond acceptors (Lipinski definition) is 6. The van der Waals surface area contributed by atoms with E-state index in [1.54, 1.807) is 43.5 Å². The molecule has 0 saturated carbocycles. The van der Waals surface area contributed by atoms with E-state index in [4.69, 9.17) is 14.2 Å². The number of aromatic hydroxyl groups is 1. The van der Waals surface area contributed by atoms with Crippen molar-refractivity contribution in [3.63, 3.8) is 0 Å². The summed E-state index contributed by atoms with van der Waals surface area (Å²) < 4.78 is 15.4. The average molecular weight is 382 g/mol. The molecule has 0 radical (unpaired) electrons. The third kappa shape index (κ3) is 5.74. The fraction of sp³-hybridized carbons (Fsp3) is 0.182. The molecule has 0 aromatic heterocycles. The van der Waals surface area contributed by atoms with Gasteiger partial charge in [0.25, 0.3) is 0 Å². The summed E-state index contributed by atoms with van der Waals surface area (Å²) in [6, 6.07) is 9.98. The van der Waals surface area contributed by atoms with E-state index < -0.39 is 0 Å². The van der Waals surface area contributed by atoms with Crippen molar-refractivity contribution in [2.45, 2.75) is 6.42 Å². The quantitative estimate of drug-likeness (QED) is 0.526. The predicted molar refractivity (Wildman–Crippen MR) is 107 cm³/mol. The Labute approximate surface area is 163 Å². The minimum Gasteiger partial charge on any atom is -0.504 e. The summed E-state index contributed by atoms with van der Waals surface area (Å²) in [7, 11) is 4.54. The van der Waals surface area contributed by atoms with Crippen molar-refractivity contribution >= 4 is 23.7 Å². The highest BCUT2D eigenvalue weighted by atomic mass is 16.5. The summed E-state index contributed by atoms with van der Waals surface area (Å²) in [6.07, 6.45) is 5.49. The molecule has 28 heavy (non-hydrogen) atoms. The maximum Gasteiger partial charge on any atom is 0.163 e. The molecule has 2 aromatic carbocycles. The maximum absolute atomic E-state index is 12.1. The molecule has 0 aliphatic heterocycles. The van der Waals surface area contributed by atoms with E-state index in [1.807, 2.05) is 0 Å². The van der Waals surface area contributed by atoms with Crippen LogP contribution in [0.3, 0.4) is 0 Å². The lowest BCUT2D eigenvalue weighted by Crippen LogP contribution is -2.02. The molecule has 0 unspecified atom stereocenters. The zero-order valence-corrected chi connectivity index (χ0v) is 16.0. The molecule has 6 nitrogen and oxygen atoms in total. The predicted octanol–water partition coefficient (Wildman–Crippen LogP) is 3.67. The number of benzene rings is 2. The van der Waals surface area contributed by atoms with Crippen molar-refractivity contribution in [2.24, 2.45) is 0 Å². The second-order valence-corrected chi connectivity index (χ2v) is 5.82. The normalized spacial score (nSPS) is 11.0. The van der Waals surface area contributed by atoms with Crippen LogP contribution in [0.25, 0.3) is 12.2 Å². The fourth-order valence-electron chi connectivity index (χ4n) is 2.44. The molecule has 1 N–H and O–H groups in total. The van der Waals surface area contributed by atoms with Crippen molar-refractivity contribution in [3.05, 3.63) is 59.7 Å². The molecule has 146 valence electrons. The van der Waals surface area contributed by atoms with Gasteiger partial charge in [-0.15, -0.1) is 0 Å². The largest absolute Gasteiger partial charge is 0.504 e. The molecule has 0 saturated heterocycles. The molecule has 2 aromatic rings. The number of methoxy groups -OCH3 is 3. The minimum absolute atomic E-state index is 0.0247. The van der Waals surface area contributed by atoms with Crippen LogP contribution in [0.15, 0.2) is 48.6 Å². The Morgan fingerprint density at radius 2 is 1.50 bits per heavy atom. The van der Waals surface area contributed by atoms with Gasteiger partial charge in [0.15, 0.2) is 23.1 Å². The van der Waals surface area contributed by atoms with Crippen LogP contribution in [-0.2, 0) is 9.59 Å². The van der Waals surface area contributed by atoms with E-state index in [0.717, 1.165) is 0 Å². The van der Waals surface area contributed by atoms with Crippen LogP contribution in [0.5, 0.6) is 23.0 Å². The Bertz CT molecular complexity index is 911. The summed E-state index contributed by atoms with van der Waals surface area (Å²) in [5.41, 5.74) is 1.29. The first-order valence-corrected chi connectivity index (χ1v) is 8.47. The molecule has 0 aliphatic rings.